The van der Waals surface area contributed by atoms with E-state index in [1.54, 1.807) is 20.2 Å². The highest BCUT2D eigenvalue weighted by molar-refractivity contribution is 6.74. The Balaban J connectivity index is 2.89. The summed E-state index contributed by atoms with van der Waals surface area (Å²) in [7, 11) is 2.71. The minimum absolute atomic E-state index is 0.0397. The summed E-state index contributed by atoms with van der Waals surface area (Å²) in [6, 6.07) is 7.89. The van der Waals surface area contributed by atoms with Crippen molar-refractivity contribution in [1.82, 2.24) is 5.06 Å². The molecule has 1 aromatic carbocycles. The molecule has 0 aliphatic heterocycles. The van der Waals surface area contributed by atoms with Crippen molar-refractivity contribution in [2.24, 2.45) is 11.8 Å². The third kappa shape index (κ3) is 8.69. The molecule has 0 saturated heterocycles. The third-order valence-corrected chi connectivity index (χ3v) is 10.7. The zero-order valence-corrected chi connectivity index (χ0v) is 22.6. The summed E-state index contributed by atoms with van der Waals surface area (Å²) in [5.41, 5.74) is 1.10. The predicted molar refractivity (Wildman–Crippen MR) is 132 cm³/mol. The van der Waals surface area contributed by atoms with E-state index in [1.165, 1.54) is 12.2 Å². The molecule has 0 saturated carbocycles. The van der Waals surface area contributed by atoms with Crippen LogP contribution in [-0.2, 0) is 25.4 Å². The van der Waals surface area contributed by atoms with E-state index in [4.69, 9.17) is 18.7 Å². The Morgan fingerprint density at radius 1 is 1.12 bits per heavy atom. The van der Waals surface area contributed by atoms with Gasteiger partial charge < -0.3 is 13.9 Å². The minimum atomic E-state index is -2.02. The molecule has 0 spiro atoms. The zero-order chi connectivity index (χ0) is 24.5. The van der Waals surface area contributed by atoms with E-state index in [0.29, 0.717) is 13.2 Å². The molecule has 32 heavy (non-hydrogen) atoms. The number of hydrogen-bond donors (Lipinski definition) is 0. The summed E-state index contributed by atoms with van der Waals surface area (Å²) in [4.78, 5) is 17.1. The highest BCUT2D eigenvalue weighted by Gasteiger charge is 2.41. The lowest BCUT2D eigenvalue weighted by molar-refractivity contribution is -0.162. The number of methoxy groups -OCH3 is 1. The van der Waals surface area contributed by atoms with Crippen LogP contribution < -0.4 is 4.74 Å². The fraction of sp³-hybridized carbons (Fsp3) is 0.640. The molecule has 0 heterocycles. The molecular weight excluding hydrogens is 422 g/mol. The van der Waals surface area contributed by atoms with E-state index in [9.17, 15) is 4.79 Å². The van der Waals surface area contributed by atoms with Gasteiger partial charge in [0, 0.05) is 19.0 Å². The second kappa shape index (κ2) is 12.5. The molecule has 0 aromatic heterocycles. The van der Waals surface area contributed by atoms with Crippen molar-refractivity contribution in [3.8, 4) is 5.75 Å². The molecule has 1 aromatic rings. The Kier molecular flexibility index (Phi) is 11.1. The molecule has 0 N–H and O–H groups in total. The van der Waals surface area contributed by atoms with E-state index in [0.717, 1.165) is 11.3 Å². The second-order valence-electron chi connectivity index (χ2n) is 9.92. The Bertz CT molecular complexity index is 727. The summed E-state index contributed by atoms with van der Waals surface area (Å²) >= 11 is 0. The van der Waals surface area contributed by atoms with Crippen LogP contribution in [0.2, 0.25) is 18.1 Å². The Labute approximate surface area is 196 Å². The first-order valence-electron chi connectivity index (χ1n) is 11.2. The van der Waals surface area contributed by atoms with Gasteiger partial charge in [0.15, 0.2) is 8.32 Å². The Hall–Kier alpha value is -1.67. The summed E-state index contributed by atoms with van der Waals surface area (Å²) in [6.07, 6.45) is 3.40. The number of rotatable bonds is 12. The number of amides is 1. The number of carbonyl (C=O) groups excluding carboxylic acids is 1. The van der Waals surface area contributed by atoms with E-state index in [-0.39, 0.29) is 28.9 Å². The average Bonchev–Trinajstić information content (AvgIpc) is 2.74. The van der Waals surface area contributed by atoms with Gasteiger partial charge in [0.1, 0.15) is 5.75 Å². The van der Waals surface area contributed by atoms with Crippen LogP contribution in [0.15, 0.2) is 36.4 Å². The smallest absolute Gasteiger partial charge is 0.269 e. The van der Waals surface area contributed by atoms with Crippen LogP contribution >= 0.6 is 0 Å². The molecule has 7 heteroatoms. The first-order valence-corrected chi connectivity index (χ1v) is 14.1. The van der Waals surface area contributed by atoms with Crippen molar-refractivity contribution < 1.29 is 23.5 Å². The summed E-state index contributed by atoms with van der Waals surface area (Å²) < 4.78 is 18.1. The third-order valence-electron chi connectivity index (χ3n) is 6.25. The van der Waals surface area contributed by atoms with Crippen molar-refractivity contribution in [2.75, 3.05) is 27.9 Å². The highest BCUT2D eigenvalue weighted by atomic mass is 28.4. The van der Waals surface area contributed by atoms with Crippen LogP contribution in [0.25, 0.3) is 0 Å². The van der Waals surface area contributed by atoms with Crippen molar-refractivity contribution in [3.05, 3.63) is 42.0 Å². The zero-order valence-electron chi connectivity index (χ0n) is 21.6. The molecule has 6 nitrogen and oxygen atoms in total. The van der Waals surface area contributed by atoms with Gasteiger partial charge in [0.2, 0.25) is 0 Å². The molecule has 1 rings (SSSR count). The van der Waals surface area contributed by atoms with Gasteiger partial charge in [0.05, 0.1) is 33.5 Å². The largest absolute Gasteiger partial charge is 0.497 e. The maximum atomic E-state index is 12.1. The predicted octanol–water partition coefficient (Wildman–Crippen LogP) is 5.45. The first kappa shape index (κ1) is 28.4. The van der Waals surface area contributed by atoms with Gasteiger partial charge in [-0.05, 0) is 41.7 Å². The van der Waals surface area contributed by atoms with Gasteiger partial charge in [-0.25, -0.2) is 5.06 Å². The van der Waals surface area contributed by atoms with E-state index < -0.39 is 8.32 Å². The van der Waals surface area contributed by atoms with Crippen LogP contribution in [0.3, 0.4) is 0 Å². The Morgan fingerprint density at radius 3 is 2.22 bits per heavy atom. The number of benzene rings is 1. The number of hydrogen-bond acceptors (Lipinski definition) is 5. The molecule has 182 valence electrons. The van der Waals surface area contributed by atoms with Gasteiger partial charge >= 0.3 is 0 Å². The van der Waals surface area contributed by atoms with Crippen LogP contribution in [0.4, 0.5) is 0 Å². The number of hydroxylamine groups is 2. The second-order valence-corrected chi connectivity index (χ2v) is 14.7. The number of likely N-dealkylation sites (N-methyl/N-ethyl adjacent to an activating group) is 1. The van der Waals surface area contributed by atoms with Gasteiger partial charge in [-0.15, -0.1) is 0 Å². The normalized spacial score (nSPS) is 15.4. The van der Waals surface area contributed by atoms with Crippen LogP contribution in [0, 0.1) is 11.8 Å². The molecule has 0 bridgehead atoms. The fourth-order valence-corrected chi connectivity index (χ4v) is 4.46. The van der Waals surface area contributed by atoms with E-state index >= 15 is 0 Å². The molecule has 0 aliphatic carbocycles. The molecule has 0 aliphatic rings. The van der Waals surface area contributed by atoms with Gasteiger partial charge in [-0.2, -0.15) is 0 Å². The Morgan fingerprint density at radius 2 is 1.72 bits per heavy atom. The van der Waals surface area contributed by atoms with E-state index in [2.05, 4.69) is 47.7 Å². The number of nitrogens with zero attached hydrogens (tertiary/aromatic N) is 1. The molecule has 3 atom stereocenters. The standard InChI is InChI=1S/C25H43NO5Si/c1-19(11-16-23(27)26(6)29-8)24(31-32(9,10)25(3,4)5)20(2)17-30-18-21-12-14-22(28-7)15-13-21/h11-16,19-20,24H,17-18H2,1-10H3/b16-11+/t19-,20-,24+/m1/s1. The highest BCUT2D eigenvalue weighted by Crippen LogP contribution is 2.39. The van der Waals surface area contributed by atoms with Gasteiger partial charge in [0.25, 0.3) is 5.91 Å². The molecule has 0 fully saturated rings. The number of carbonyl (C=O) groups is 1. The molecular formula is C25H43NO5Si. The lowest BCUT2D eigenvalue weighted by Crippen LogP contribution is -2.47. The molecule has 0 unspecified atom stereocenters. The van der Waals surface area contributed by atoms with Crippen LogP contribution in [0.5, 0.6) is 5.75 Å². The monoisotopic (exact) mass is 465 g/mol. The summed E-state index contributed by atoms with van der Waals surface area (Å²) in [5.74, 6) is 0.822. The van der Waals surface area contributed by atoms with Crippen molar-refractivity contribution >= 4 is 14.2 Å². The lowest BCUT2D eigenvalue weighted by Gasteiger charge is -2.42. The lowest BCUT2D eigenvalue weighted by atomic mass is 9.93. The fourth-order valence-electron chi connectivity index (χ4n) is 2.98. The quantitative estimate of drug-likeness (QED) is 0.233. The minimum Gasteiger partial charge on any atom is -0.497 e. The maximum Gasteiger partial charge on any atom is 0.269 e. The van der Waals surface area contributed by atoms with Crippen LogP contribution in [0.1, 0.15) is 40.2 Å². The maximum absolute atomic E-state index is 12.1. The summed E-state index contributed by atoms with van der Waals surface area (Å²) in [6.45, 7) is 16.6. The summed E-state index contributed by atoms with van der Waals surface area (Å²) in [5, 5.41) is 1.29. The molecule has 1 amide bonds. The first-order chi connectivity index (χ1) is 14.8. The van der Waals surface area contributed by atoms with Gasteiger partial charge in [-0.3, -0.25) is 9.63 Å². The van der Waals surface area contributed by atoms with Crippen molar-refractivity contribution in [1.29, 1.82) is 0 Å². The topological polar surface area (TPSA) is 57.2 Å². The SMILES string of the molecule is COc1ccc(COC[C@@H](C)[C@@H](O[Si](C)(C)C(C)(C)C)[C@H](C)/C=C/C(=O)N(C)OC)cc1. The van der Waals surface area contributed by atoms with Crippen molar-refractivity contribution in [3.63, 3.8) is 0 Å². The van der Waals surface area contributed by atoms with Gasteiger partial charge in [-0.1, -0.05) is 52.8 Å². The van der Waals surface area contributed by atoms with E-state index in [1.807, 2.05) is 30.3 Å². The van der Waals surface area contributed by atoms with Crippen molar-refractivity contribution in [2.45, 2.75) is 65.5 Å². The average molecular weight is 466 g/mol. The number of ether oxygens (including phenoxy) is 2. The van der Waals surface area contributed by atoms with Crippen LogP contribution in [-0.4, -0.2) is 53.3 Å². The molecule has 0 radical (unpaired) electrons.